The van der Waals surface area contributed by atoms with Crippen LogP contribution in [0.15, 0.2) is 0 Å². The van der Waals surface area contributed by atoms with Crippen molar-refractivity contribution >= 4 is 6.09 Å². The van der Waals surface area contributed by atoms with Gasteiger partial charge in [-0.1, -0.05) is 0 Å². The maximum atomic E-state index is 12.1. The van der Waals surface area contributed by atoms with Crippen molar-refractivity contribution in [3.05, 3.63) is 0 Å². The van der Waals surface area contributed by atoms with Crippen LogP contribution in [0.4, 0.5) is 4.79 Å². The number of likely N-dealkylation sites (tertiary alicyclic amines) is 1. The Hall–Kier alpha value is -1.28. The molecule has 0 radical (unpaired) electrons. The molecule has 0 aromatic heterocycles. The zero-order valence-corrected chi connectivity index (χ0v) is 12.4. The van der Waals surface area contributed by atoms with Gasteiger partial charge < -0.3 is 14.7 Å². The highest BCUT2D eigenvalue weighted by Crippen LogP contribution is 2.37. The van der Waals surface area contributed by atoms with Gasteiger partial charge in [-0.3, -0.25) is 0 Å². The van der Waals surface area contributed by atoms with Gasteiger partial charge in [-0.05, 0) is 47.5 Å². The average molecular weight is 268 g/mol. The lowest BCUT2D eigenvalue weighted by Gasteiger charge is -2.43. The van der Waals surface area contributed by atoms with Crippen molar-refractivity contribution in [3.63, 3.8) is 0 Å². The summed E-state index contributed by atoms with van der Waals surface area (Å²) in [6.45, 7) is 9.45. The van der Waals surface area contributed by atoms with Gasteiger partial charge in [0.25, 0.3) is 0 Å². The number of ether oxygens (including phenoxy) is 1. The van der Waals surface area contributed by atoms with Crippen LogP contribution in [0.2, 0.25) is 0 Å². The molecule has 0 aromatic rings. The molecule has 0 aliphatic carbocycles. The van der Waals surface area contributed by atoms with Gasteiger partial charge in [0.15, 0.2) is 0 Å². The van der Waals surface area contributed by atoms with Gasteiger partial charge in [-0.15, -0.1) is 0 Å². The first-order valence-corrected chi connectivity index (χ1v) is 6.70. The SMILES string of the molecule is CC(O)C1(C#N)CCN(C(=O)OC(C)(C)C)[C@@H](C)C1. The van der Waals surface area contributed by atoms with Crippen molar-refractivity contribution in [3.8, 4) is 6.07 Å². The van der Waals surface area contributed by atoms with Crippen LogP contribution < -0.4 is 0 Å². The number of nitrogens with zero attached hydrogens (tertiary/aromatic N) is 2. The molecule has 0 aromatic carbocycles. The fourth-order valence-corrected chi connectivity index (χ4v) is 2.45. The van der Waals surface area contributed by atoms with Gasteiger partial charge in [0.1, 0.15) is 5.60 Å². The standard InChI is InChI=1S/C14H24N2O3/c1-10-8-14(9-15,11(2)17)6-7-16(10)12(18)19-13(3,4)5/h10-11,17H,6-8H2,1-5H3/t10-,11?,14?/m0/s1. The quantitative estimate of drug-likeness (QED) is 0.792. The fourth-order valence-electron chi connectivity index (χ4n) is 2.45. The van der Waals surface area contributed by atoms with Crippen molar-refractivity contribution in [2.45, 2.75) is 65.2 Å². The third-order valence-corrected chi connectivity index (χ3v) is 3.64. The number of aliphatic hydroxyl groups excluding tert-OH is 1. The molecule has 1 fully saturated rings. The Labute approximate surface area is 115 Å². The number of aliphatic hydroxyl groups is 1. The van der Waals surface area contributed by atoms with E-state index in [4.69, 9.17) is 4.74 Å². The molecule has 108 valence electrons. The Balaban J connectivity index is 2.75. The molecule has 1 aliphatic rings. The Bertz CT molecular complexity index is 381. The minimum Gasteiger partial charge on any atom is -0.444 e. The largest absolute Gasteiger partial charge is 0.444 e. The van der Waals surface area contributed by atoms with Crippen LogP contribution in [0.5, 0.6) is 0 Å². The van der Waals surface area contributed by atoms with E-state index in [0.717, 1.165) is 0 Å². The lowest BCUT2D eigenvalue weighted by atomic mass is 9.73. The molecule has 1 aliphatic heterocycles. The number of rotatable bonds is 1. The van der Waals surface area contributed by atoms with E-state index in [1.54, 1.807) is 11.8 Å². The van der Waals surface area contributed by atoms with Gasteiger partial charge in [0.2, 0.25) is 0 Å². The first-order chi connectivity index (χ1) is 8.61. The molecule has 1 heterocycles. The summed E-state index contributed by atoms with van der Waals surface area (Å²) in [7, 11) is 0. The van der Waals surface area contributed by atoms with E-state index in [-0.39, 0.29) is 12.1 Å². The summed E-state index contributed by atoms with van der Waals surface area (Å²) in [5, 5.41) is 19.1. The second-order valence-corrected chi connectivity index (χ2v) is 6.42. The highest BCUT2D eigenvalue weighted by atomic mass is 16.6. The highest BCUT2D eigenvalue weighted by molar-refractivity contribution is 5.68. The van der Waals surface area contributed by atoms with Gasteiger partial charge in [0.05, 0.1) is 17.6 Å². The minimum atomic E-state index is -0.752. The van der Waals surface area contributed by atoms with E-state index in [1.807, 2.05) is 27.7 Å². The van der Waals surface area contributed by atoms with Crippen molar-refractivity contribution in [1.29, 1.82) is 5.26 Å². The van der Waals surface area contributed by atoms with E-state index in [1.165, 1.54) is 0 Å². The summed E-state index contributed by atoms with van der Waals surface area (Å²) in [4.78, 5) is 13.7. The topological polar surface area (TPSA) is 73.6 Å². The molecular formula is C14H24N2O3. The average Bonchev–Trinajstić information content (AvgIpc) is 2.25. The lowest BCUT2D eigenvalue weighted by molar-refractivity contribution is -0.0215. The van der Waals surface area contributed by atoms with Crippen molar-refractivity contribution in [1.82, 2.24) is 4.90 Å². The minimum absolute atomic E-state index is 0.113. The molecule has 3 atom stereocenters. The highest BCUT2D eigenvalue weighted by Gasteiger charge is 2.44. The number of hydrogen-bond donors (Lipinski definition) is 1. The molecule has 0 bridgehead atoms. The Kier molecular flexibility index (Phi) is 4.46. The first-order valence-electron chi connectivity index (χ1n) is 6.70. The van der Waals surface area contributed by atoms with Crippen LogP contribution in [-0.2, 0) is 4.74 Å². The van der Waals surface area contributed by atoms with Crippen LogP contribution in [0.1, 0.15) is 47.5 Å². The fraction of sp³-hybridized carbons (Fsp3) is 0.857. The van der Waals surface area contributed by atoms with Crippen LogP contribution in [-0.4, -0.2) is 40.4 Å². The van der Waals surface area contributed by atoms with Gasteiger partial charge >= 0.3 is 6.09 Å². The number of nitriles is 1. The zero-order chi connectivity index (χ0) is 14.8. The predicted octanol–water partition coefficient (Wildman–Crippen LogP) is 2.30. The molecule has 1 rings (SSSR count). The molecule has 1 amide bonds. The van der Waals surface area contributed by atoms with E-state index in [9.17, 15) is 15.2 Å². The van der Waals surface area contributed by atoms with Crippen molar-refractivity contribution in [2.75, 3.05) is 6.54 Å². The zero-order valence-electron chi connectivity index (χ0n) is 12.4. The summed E-state index contributed by atoms with van der Waals surface area (Å²) in [6, 6.07) is 2.11. The Morgan fingerprint density at radius 3 is 2.53 bits per heavy atom. The van der Waals surface area contributed by atoms with Crippen LogP contribution in [0, 0.1) is 16.7 Å². The summed E-state index contributed by atoms with van der Waals surface area (Å²) in [6.07, 6.45) is -0.0941. The molecule has 1 saturated heterocycles. The molecule has 0 saturated carbocycles. The monoisotopic (exact) mass is 268 g/mol. The van der Waals surface area contributed by atoms with E-state index in [0.29, 0.717) is 19.4 Å². The van der Waals surface area contributed by atoms with Crippen LogP contribution >= 0.6 is 0 Å². The maximum absolute atomic E-state index is 12.1. The maximum Gasteiger partial charge on any atom is 0.410 e. The smallest absolute Gasteiger partial charge is 0.410 e. The third kappa shape index (κ3) is 3.60. The molecular weight excluding hydrogens is 244 g/mol. The molecule has 19 heavy (non-hydrogen) atoms. The molecule has 0 spiro atoms. The van der Waals surface area contributed by atoms with Gasteiger partial charge in [-0.25, -0.2) is 4.79 Å². The summed E-state index contributed by atoms with van der Waals surface area (Å²) in [5.41, 5.74) is -1.28. The second kappa shape index (κ2) is 5.38. The molecule has 5 nitrogen and oxygen atoms in total. The first kappa shape index (κ1) is 15.8. The Morgan fingerprint density at radius 1 is 1.58 bits per heavy atom. The summed E-state index contributed by atoms with van der Waals surface area (Å²) >= 11 is 0. The second-order valence-electron chi connectivity index (χ2n) is 6.42. The van der Waals surface area contributed by atoms with Crippen LogP contribution in [0.3, 0.4) is 0 Å². The molecule has 5 heteroatoms. The van der Waals surface area contributed by atoms with E-state index < -0.39 is 17.1 Å². The third-order valence-electron chi connectivity index (χ3n) is 3.64. The van der Waals surface area contributed by atoms with Crippen molar-refractivity contribution in [2.24, 2.45) is 5.41 Å². The summed E-state index contributed by atoms with van der Waals surface area (Å²) < 4.78 is 5.35. The number of amides is 1. The Morgan fingerprint density at radius 2 is 2.16 bits per heavy atom. The number of hydrogen-bond acceptors (Lipinski definition) is 4. The van der Waals surface area contributed by atoms with E-state index >= 15 is 0 Å². The number of carbonyl (C=O) groups excluding carboxylic acids is 1. The lowest BCUT2D eigenvalue weighted by Crippen LogP contribution is -2.52. The number of carbonyl (C=O) groups is 1. The van der Waals surface area contributed by atoms with Crippen molar-refractivity contribution < 1.29 is 14.6 Å². The van der Waals surface area contributed by atoms with Crippen LogP contribution in [0.25, 0.3) is 0 Å². The summed E-state index contributed by atoms with van der Waals surface area (Å²) in [5.74, 6) is 0. The number of piperidine rings is 1. The molecule has 1 N–H and O–H groups in total. The van der Waals surface area contributed by atoms with Gasteiger partial charge in [-0.2, -0.15) is 5.26 Å². The predicted molar refractivity (Wildman–Crippen MR) is 71.4 cm³/mol. The molecule has 2 unspecified atom stereocenters. The van der Waals surface area contributed by atoms with E-state index in [2.05, 4.69) is 6.07 Å². The normalized spacial score (nSPS) is 29.5. The van der Waals surface area contributed by atoms with Gasteiger partial charge in [0, 0.05) is 12.6 Å².